The van der Waals surface area contributed by atoms with Crippen LogP contribution in [0.1, 0.15) is 5.56 Å². The summed E-state index contributed by atoms with van der Waals surface area (Å²) >= 11 is 0. The maximum absolute atomic E-state index is 10.2. The second kappa shape index (κ2) is 4.37. The molecule has 4 heteroatoms. The van der Waals surface area contributed by atoms with Gasteiger partial charge in [-0.15, -0.1) is 0 Å². The summed E-state index contributed by atoms with van der Waals surface area (Å²) in [5.41, 5.74) is 0.753. The normalized spacial score (nSPS) is 13.0. The first-order chi connectivity index (χ1) is 6.20. The summed E-state index contributed by atoms with van der Waals surface area (Å²) in [4.78, 5) is 14.0. The summed E-state index contributed by atoms with van der Waals surface area (Å²) in [5.74, 6) is -1.26. The van der Waals surface area contributed by atoms with Crippen molar-refractivity contribution in [3.8, 4) is 0 Å². The lowest BCUT2D eigenvalue weighted by atomic mass is 10.2. The average Bonchev–Trinajstić information content (AvgIpc) is 2.15. The fourth-order valence-corrected chi connectivity index (χ4v) is 0.759. The lowest BCUT2D eigenvalue weighted by molar-refractivity contribution is -0.143. The fraction of sp³-hybridized carbons (Fsp3) is 0.111. The Bertz CT molecular complexity index is 308. The highest BCUT2D eigenvalue weighted by atomic mass is 16.4. The molecule has 4 nitrogen and oxygen atoms in total. The lowest BCUT2D eigenvalue weighted by Crippen LogP contribution is -2.15. The van der Waals surface area contributed by atoms with Gasteiger partial charge in [-0.05, 0) is 17.7 Å². The molecule has 0 unspecified atom stereocenters. The molecule has 0 aliphatic heterocycles. The maximum Gasteiger partial charge on any atom is 0.336 e. The van der Waals surface area contributed by atoms with Gasteiger partial charge in [-0.25, -0.2) is 4.79 Å². The number of hydrogen-bond acceptors (Lipinski definition) is 3. The molecule has 0 spiro atoms. The molecule has 0 saturated carbocycles. The van der Waals surface area contributed by atoms with Crippen LogP contribution in [-0.2, 0) is 4.79 Å². The molecule has 1 atom stereocenters. The first-order valence-electron chi connectivity index (χ1n) is 3.69. The minimum absolute atomic E-state index is 0.753. The van der Waals surface area contributed by atoms with Crippen molar-refractivity contribution in [3.05, 3.63) is 36.2 Å². The van der Waals surface area contributed by atoms with Gasteiger partial charge in [0.05, 0.1) is 0 Å². The highest BCUT2D eigenvalue weighted by Crippen LogP contribution is 1.99. The maximum atomic E-state index is 10.2. The minimum atomic E-state index is -1.46. The van der Waals surface area contributed by atoms with Crippen LogP contribution in [0, 0.1) is 0 Å². The summed E-state index contributed by atoms with van der Waals surface area (Å²) < 4.78 is 0. The number of aromatic nitrogens is 1. The Hall–Kier alpha value is -1.68. The molecule has 1 aromatic rings. The zero-order valence-corrected chi connectivity index (χ0v) is 6.79. The second-order valence-electron chi connectivity index (χ2n) is 2.43. The summed E-state index contributed by atoms with van der Waals surface area (Å²) in [6.07, 6.45) is 4.43. The molecular weight excluding hydrogens is 170 g/mol. The molecule has 68 valence electrons. The van der Waals surface area contributed by atoms with Gasteiger partial charge in [0.15, 0.2) is 6.10 Å². The van der Waals surface area contributed by atoms with E-state index in [2.05, 4.69) is 4.98 Å². The van der Waals surface area contributed by atoms with E-state index in [1.54, 1.807) is 24.5 Å². The third kappa shape index (κ3) is 3.04. The molecule has 1 aromatic heterocycles. The average molecular weight is 179 g/mol. The third-order valence-electron chi connectivity index (χ3n) is 1.41. The van der Waals surface area contributed by atoms with E-state index in [0.717, 1.165) is 5.56 Å². The predicted octanol–water partition coefficient (Wildman–Crippen LogP) is 0.540. The van der Waals surface area contributed by atoms with E-state index in [1.165, 1.54) is 12.2 Å². The van der Waals surface area contributed by atoms with E-state index >= 15 is 0 Å². The van der Waals surface area contributed by atoms with Gasteiger partial charge in [-0.2, -0.15) is 0 Å². The van der Waals surface area contributed by atoms with Crippen LogP contribution in [0.5, 0.6) is 0 Å². The molecule has 1 rings (SSSR count). The van der Waals surface area contributed by atoms with Crippen LogP contribution in [-0.4, -0.2) is 27.3 Å². The third-order valence-corrected chi connectivity index (χ3v) is 1.41. The molecule has 1 heterocycles. The van der Waals surface area contributed by atoms with E-state index in [1.807, 2.05) is 0 Å². The van der Waals surface area contributed by atoms with Crippen LogP contribution in [0.2, 0.25) is 0 Å². The van der Waals surface area contributed by atoms with Gasteiger partial charge in [0.1, 0.15) is 0 Å². The van der Waals surface area contributed by atoms with Crippen molar-refractivity contribution in [2.45, 2.75) is 6.10 Å². The molecule has 0 aromatic carbocycles. The highest BCUT2D eigenvalue weighted by molar-refractivity contribution is 5.75. The van der Waals surface area contributed by atoms with E-state index in [0.29, 0.717) is 0 Å². The summed E-state index contributed by atoms with van der Waals surface area (Å²) in [5, 5.41) is 17.2. The van der Waals surface area contributed by atoms with E-state index < -0.39 is 12.1 Å². The van der Waals surface area contributed by atoms with Gasteiger partial charge in [-0.1, -0.05) is 12.1 Å². The van der Waals surface area contributed by atoms with Crippen molar-refractivity contribution in [1.29, 1.82) is 0 Å². The van der Waals surface area contributed by atoms with Crippen molar-refractivity contribution in [2.24, 2.45) is 0 Å². The quantitative estimate of drug-likeness (QED) is 0.710. The van der Waals surface area contributed by atoms with Crippen molar-refractivity contribution >= 4 is 12.0 Å². The van der Waals surface area contributed by atoms with Crippen LogP contribution in [0.15, 0.2) is 30.6 Å². The summed E-state index contributed by atoms with van der Waals surface area (Å²) in [6, 6.07) is 3.49. The van der Waals surface area contributed by atoms with Crippen LogP contribution in [0.25, 0.3) is 6.08 Å². The number of aliphatic hydroxyl groups is 1. The Morgan fingerprint density at radius 1 is 1.62 bits per heavy atom. The number of carbonyl (C=O) groups is 1. The number of carboxylic acids is 1. The number of pyridine rings is 1. The van der Waals surface area contributed by atoms with Crippen molar-refractivity contribution in [1.82, 2.24) is 4.98 Å². The smallest absolute Gasteiger partial charge is 0.336 e. The van der Waals surface area contributed by atoms with Gasteiger partial charge in [0, 0.05) is 12.4 Å². The number of aliphatic carboxylic acids is 1. The Labute approximate surface area is 75.2 Å². The van der Waals surface area contributed by atoms with Gasteiger partial charge < -0.3 is 10.2 Å². The van der Waals surface area contributed by atoms with Crippen molar-refractivity contribution in [3.63, 3.8) is 0 Å². The first-order valence-corrected chi connectivity index (χ1v) is 3.69. The minimum Gasteiger partial charge on any atom is -0.479 e. The SMILES string of the molecule is O=C(O)[C@@H](O)C=Cc1cccnc1. The second-order valence-corrected chi connectivity index (χ2v) is 2.43. The topological polar surface area (TPSA) is 70.4 Å². The summed E-state index contributed by atoms with van der Waals surface area (Å²) in [6.45, 7) is 0. The zero-order valence-electron chi connectivity index (χ0n) is 6.79. The molecule has 0 aliphatic carbocycles. The van der Waals surface area contributed by atoms with E-state index in [-0.39, 0.29) is 0 Å². The molecular formula is C9H9NO3. The van der Waals surface area contributed by atoms with Crippen LogP contribution < -0.4 is 0 Å². The number of rotatable bonds is 3. The molecule has 0 aliphatic rings. The van der Waals surface area contributed by atoms with E-state index in [4.69, 9.17) is 10.2 Å². The van der Waals surface area contributed by atoms with Gasteiger partial charge in [-0.3, -0.25) is 4.98 Å². The first kappa shape index (κ1) is 9.41. The number of nitrogens with zero attached hydrogens (tertiary/aromatic N) is 1. The van der Waals surface area contributed by atoms with Gasteiger partial charge in [0.2, 0.25) is 0 Å². The molecule has 0 bridgehead atoms. The monoisotopic (exact) mass is 179 g/mol. The summed E-state index contributed by atoms with van der Waals surface area (Å²) in [7, 11) is 0. The van der Waals surface area contributed by atoms with Crippen LogP contribution >= 0.6 is 0 Å². The molecule has 0 fully saturated rings. The Balaban J connectivity index is 2.64. The number of hydrogen-bond donors (Lipinski definition) is 2. The molecule has 0 saturated heterocycles. The van der Waals surface area contributed by atoms with Crippen molar-refractivity contribution < 1.29 is 15.0 Å². The molecule has 0 radical (unpaired) electrons. The largest absolute Gasteiger partial charge is 0.479 e. The molecule has 2 N–H and O–H groups in total. The van der Waals surface area contributed by atoms with Crippen molar-refractivity contribution in [2.75, 3.05) is 0 Å². The molecule has 13 heavy (non-hydrogen) atoms. The number of carboxylic acid groups (broad SMARTS) is 1. The van der Waals surface area contributed by atoms with Gasteiger partial charge in [0.25, 0.3) is 0 Å². The Morgan fingerprint density at radius 3 is 2.92 bits per heavy atom. The standard InChI is InChI=1S/C9H9NO3/c11-8(9(12)13)4-3-7-2-1-5-10-6-7/h1-6,8,11H,(H,12,13)/t8-/m0/s1. The highest BCUT2D eigenvalue weighted by Gasteiger charge is 2.06. The Morgan fingerprint density at radius 2 is 2.38 bits per heavy atom. The van der Waals surface area contributed by atoms with Crippen LogP contribution in [0.3, 0.4) is 0 Å². The zero-order chi connectivity index (χ0) is 9.68. The van der Waals surface area contributed by atoms with Crippen LogP contribution in [0.4, 0.5) is 0 Å². The van der Waals surface area contributed by atoms with Gasteiger partial charge >= 0.3 is 5.97 Å². The Kier molecular flexibility index (Phi) is 3.16. The number of aliphatic hydroxyl groups excluding tert-OH is 1. The van der Waals surface area contributed by atoms with E-state index in [9.17, 15) is 4.79 Å². The molecule has 0 amide bonds. The fourth-order valence-electron chi connectivity index (χ4n) is 0.759. The lowest BCUT2D eigenvalue weighted by Gasteiger charge is -1.96. The predicted molar refractivity (Wildman–Crippen MR) is 46.9 cm³/mol.